The van der Waals surface area contributed by atoms with E-state index in [1.54, 1.807) is 36.4 Å². The lowest BCUT2D eigenvalue weighted by Crippen LogP contribution is -2.10. The van der Waals surface area contributed by atoms with Crippen LogP contribution in [0.2, 0.25) is 0 Å². The summed E-state index contributed by atoms with van der Waals surface area (Å²) < 4.78 is 1.67. The van der Waals surface area contributed by atoms with Gasteiger partial charge in [0.25, 0.3) is 0 Å². The van der Waals surface area contributed by atoms with Gasteiger partial charge in [0, 0.05) is 20.6 Å². The molecule has 0 aliphatic heterocycles. The van der Waals surface area contributed by atoms with E-state index in [2.05, 4.69) is 37.2 Å². The second kappa shape index (κ2) is 7.38. The first-order valence-electron chi connectivity index (χ1n) is 6.29. The van der Waals surface area contributed by atoms with E-state index in [4.69, 9.17) is 5.73 Å². The van der Waals surface area contributed by atoms with Gasteiger partial charge in [-0.15, -0.1) is 0 Å². The van der Waals surface area contributed by atoms with Crippen molar-refractivity contribution in [3.05, 3.63) is 68.6 Å². The van der Waals surface area contributed by atoms with Crippen molar-refractivity contribution in [2.75, 3.05) is 5.32 Å². The number of carbonyl (C=O) groups is 2. The van der Waals surface area contributed by atoms with Crippen LogP contribution in [-0.2, 0) is 4.79 Å². The van der Waals surface area contributed by atoms with Crippen LogP contribution in [-0.4, -0.2) is 11.8 Å². The molecule has 0 fully saturated rings. The second-order valence-corrected chi connectivity index (χ2v) is 6.20. The number of hydrogen-bond donors (Lipinski definition) is 2. The van der Waals surface area contributed by atoms with E-state index < -0.39 is 5.91 Å². The summed E-state index contributed by atoms with van der Waals surface area (Å²) in [6.45, 7) is 0. The summed E-state index contributed by atoms with van der Waals surface area (Å²) in [6, 6.07) is 12.2. The standard InChI is InChI=1S/C16H12Br2N2O2/c17-12-6-7-13(18)14(9-12)20-15(21)8-3-10-1-4-11(5-2-10)16(19)22/h1-9H,(H2,19,22)(H,20,21). The first-order valence-corrected chi connectivity index (χ1v) is 7.88. The number of hydrogen-bond acceptors (Lipinski definition) is 2. The van der Waals surface area contributed by atoms with E-state index in [1.165, 1.54) is 6.08 Å². The Morgan fingerprint density at radius 1 is 1.05 bits per heavy atom. The Morgan fingerprint density at radius 2 is 1.73 bits per heavy atom. The van der Waals surface area contributed by atoms with Gasteiger partial charge in [-0.3, -0.25) is 9.59 Å². The SMILES string of the molecule is NC(=O)c1ccc(C=CC(=O)Nc2cc(Br)ccc2Br)cc1. The third kappa shape index (κ3) is 4.54. The summed E-state index contributed by atoms with van der Waals surface area (Å²) in [5.41, 5.74) is 7.07. The molecule has 0 aliphatic carbocycles. The number of benzene rings is 2. The number of nitrogens with two attached hydrogens (primary N) is 1. The van der Waals surface area contributed by atoms with Crippen molar-refractivity contribution in [3.8, 4) is 0 Å². The highest BCUT2D eigenvalue weighted by molar-refractivity contribution is 9.11. The fourth-order valence-electron chi connectivity index (χ4n) is 1.70. The minimum Gasteiger partial charge on any atom is -0.366 e. The van der Waals surface area contributed by atoms with Gasteiger partial charge in [-0.1, -0.05) is 28.1 Å². The van der Waals surface area contributed by atoms with E-state index in [9.17, 15) is 9.59 Å². The van der Waals surface area contributed by atoms with Crippen LogP contribution in [0.3, 0.4) is 0 Å². The van der Waals surface area contributed by atoms with Crippen molar-refractivity contribution >= 4 is 55.4 Å². The first kappa shape index (κ1) is 16.5. The fraction of sp³-hybridized carbons (Fsp3) is 0. The van der Waals surface area contributed by atoms with Crippen molar-refractivity contribution < 1.29 is 9.59 Å². The van der Waals surface area contributed by atoms with E-state index in [-0.39, 0.29) is 5.91 Å². The van der Waals surface area contributed by atoms with Crippen LogP contribution < -0.4 is 11.1 Å². The van der Waals surface area contributed by atoms with Crippen LogP contribution in [0.25, 0.3) is 6.08 Å². The number of rotatable bonds is 4. The van der Waals surface area contributed by atoms with E-state index in [0.717, 1.165) is 14.5 Å². The molecule has 0 radical (unpaired) electrons. The Kier molecular flexibility index (Phi) is 5.51. The minimum atomic E-state index is -0.479. The Hall–Kier alpha value is -1.92. The molecule has 0 aromatic heterocycles. The first-order chi connectivity index (χ1) is 10.5. The molecule has 112 valence electrons. The average Bonchev–Trinajstić information content (AvgIpc) is 2.49. The van der Waals surface area contributed by atoms with E-state index in [1.807, 2.05) is 12.1 Å². The normalized spacial score (nSPS) is 10.6. The summed E-state index contributed by atoms with van der Waals surface area (Å²) in [6.07, 6.45) is 3.08. The van der Waals surface area contributed by atoms with E-state index in [0.29, 0.717) is 11.3 Å². The quantitative estimate of drug-likeness (QED) is 0.730. The van der Waals surface area contributed by atoms with Crippen molar-refractivity contribution in [2.45, 2.75) is 0 Å². The van der Waals surface area contributed by atoms with Gasteiger partial charge >= 0.3 is 0 Å². The molecule has 0 atom stereocenters. The lowest BCUT2D eigenvalue weighted by Gasteiger charge is -2.05. The maximum Gasteiger partial charge on any atom is 0.248 e. The molecule has 2 aromatic carbocycles. The highest BCUT2D eigenvalue weighted by Gasteiger charge is 2.04. The largest absolute Gasteiger partial charge is 0.366 e. The molecule has 3 N–H and O–H groups in total. The van der Waals surface area contributed by atoms with Crippen molar-refractivity contribution in [1.29, 1.82) is 0 Å². The number of amides is 2. The Bertz CT molecular complexity index is 740. The Morgan fingerprint density at radius 3 is 2.36 bits per heavy atom. The van der Waals surface area contributed by atoms with E-state index >= 15 is 0 Å². The maximum absolute atomic E-state index is 11.9. The van der Waals surface area contributed by atoms with Gasteiger partial charge in [0.05, 0.1) is 5.69 Å². The molecule has 0 bridgehead atoms. The van der Waals surface area contributed by atoms with Crippen LogP contribution in [0.15, 0.2) is 57.5 Å². The molecule has 22 heavy (non-hydrogen) atoms. The van der Waals surface area contributed by atoms with Crippen molar-refractivity contribution in [2.24, 2.45) is 5.73 Å². The van der Waals surface area contributed by atoms with Gasteiger partial charge in [0.1, 0.15) is 0 Å². The number of carbonyl (C=O) groups excluding carboxylic acids is 2. The van der Waals surface area contributed by atoms with Crippen LogP contribution >= 0.6 is 31.9 Å². The lowest BCUT2D eigenvalue weighted by molar-refractivity contribution is -0.111. The number of anilines is 1. The average molecular weight is 424 g/mol. The topological polar surface area (TPSA) is 72.2 Å². The van der Waals surface area contributed by atoms with Crippen LogP contribution in [0.5, 0.6) is 0 Å². The third-order valence-corrected chi connectivity index (χ3v) is 3.99. The molecule has 0 saturated heterocycles. The van der Waals surface area contributed by atoms with Crippen LogP contribution in [0, 0.1) is 0 Å². The van der Waals surface area contributed by atoms with Gasteiger partial charge in [-0.05, 0) is 57.9 Å². The molecule has 0 aliphatic rings. The highest BCUT2D eigenvalue weighted by atomic mass is 79.9. The molecule has 0 spiro atoms. The summed E-state index contributed by atoms with van der Waals surface area (Å²) >= 11 is 6.73. The molecule has 0 saturated carbocycles. The zero-order valence-corrected chi connectivity index (χ0v) is 14.5. The number of nitrogens with one attached hydrogen (secondary N) is 1. The van der Waals surface area contributed by atoms with Gasteiger partial charge in [-0.25, -0.2) is 0 Å². The van der Waals surface area contributed by atoms with Crippen LogP contribution in [0.1, 0.15) is 15.9 Å². The van der Waals surface area contributed by atoms with Gasteiger partial charge in [0.2, 0.25) is 11.8 Å². The molecule has 2 aromatic rings. The highest BCUT2D eigenvalue weighted by Crippen LogP contribution is 2.26. The summed E-state index contributed by atoms with van der Waals surface area (Å²) in [5.74, 6) is -0.731. The van der Waals surface area contributed by atoms with Crippen molar-refractivity contribution in [3.63, 3.8) is 0 Å². The summed E-state index contributed by atoms with van der Waals surface area (Å²) in [7, 11) is 0. The zero-order chi connectivity index (χ0) is 16.1. The van der Waals surface area contributed by atoms with Crippen molar-refractivity contribution in [1.82, 2.24) is 0 Å². The maximum atomic E-state index is 11.9. The molecule has 2 amide bonds. The summed E-state index contributed by atoms with van der Waals surface area (Å²) in [5, 5.41) is 2.77. The Balaban J connectivity index is 2.05. The number of halogens is 2. The monoisotopic (exact) mass is 422 g/mol. The molecule has 6 heteroatoms. The second-order valence-electron chi connectivity index (χ2n) is 4.43. The van der Waals surface area contributed by atoms with Gasteiger partial charge < -0.3 is 11.1 Å². The zero-order valence-electron chi connectivity index (χ0n) is 11.3. The predicted molar refractivity (Wildman–Crippen MR) is 94.5 cm³/mol. The molecule has 2 rings (SSSR count). The van der Waals surface area contributed by atoms with Gasteiger partial charge in [0.15, 0.2) is 0 Å². The minimum absolute atomic E-state index is 0.252. The fourth-order valence-corrected chi connectivity index (χ4v) is 2.40. The molecule has 4 nitrogen and oxygen atoms in total. The number of primary amides is 1. The Labute approximate surface area is 144 Å². The lowest BCUT2D eigenvalue weighted by atomic mass is 10.1. The molecule has 0 heterocycles. The predicted octanol–water partition coefficient (Wildman–Crippen LogP) is 3.96. The third-order valence-electron chi connectivity index (χ3n) is 2.81. The smallest absolute Gasteiger partial charge is 0.248 e. The van der Waals surface area contributed by atoms with Crippen LogP contribution in [0.4, 0.5) is 5.69 Å². The summed E-state index contributed by atoms with van der Waals surface area (Å²) in [4.78, 5) is 22.9. The molecular weight excluding hydrogens is 412 g/mol. The molecule has 0 unspecified atom stereocenters. The van der Waals surface area contributed by atoms with Gasteiger partial charge in [-0.2, -0.15) is 0 Å². The molecular formula is C16H12Br2N2O2.